The predicted molar refractivity (Wildman–Crippen MR) is 95.5 cm³/mol. The van der Waals surface area contributed by atoms with Crippen molar-refractivity contribution >= 4 is 29.0 Å². The van der Waals surface area contributed by atoms with E-state index in [9.17, 15) is 4.79 Å². The number of nitrogens with one attached hydrogen (secondary N) is 1. The number of H-pyrrole nitrogens is 1. The van der Waals surface area contributed by atoms with Gasteiger partial charge in [-0.05, 0) is 18.9 Å². The zero-order chi connectivity index (χ0) is 16.9. The van der Waals surface area contributed by atoms with E-state index >= 15 is 0 Å². The smallest absolute Gasteiger partial charge is 0.228 e. The molecular formula is C17H24N6O. The highest BCUT2D eigenvalue weighted by Gasteiger charge is 2.33. The van der Waals surface area contributed by atoms with E-state index in [2.05, 4.69) is 31.8 Å². The highest BCUT2D eigenvalue weighted by Crippen LogP contribution is 2.26. The fourth-order valence-corrected chi connectivity index (χ4v) is 3.16. The summed E-state index contributed by atoms with van der Waals surface area (Å²) in [6, 6.07) is 2.26. The lowest BCUT2D eigenvalue weighted by atomic mass is 10.0. The molecule has 0 aliphatic carbocycles. The molecule has 0 aromatic carbocycles. The first-order valence-corrected chi connectivity index (χ1v) is 8.47. The molecular weight excluding hydrogens is 304 g/mol. The maximum Gasteiger partial charge on any atom is 0.228 e. The summed E-state index contributed by atoms with van der Waals surface area (Å²) >= 11 is 0. The second kappa shape index (κ2) is 7.42. The third-order valence-corrected chi connectivity index (χ3v) is 4.47. The fraction of sp³-hybridized carbons (Fsp3) is 0.529. The van der Waals surface area contributed by atoms with E-state index in [1.54, 1.807) is 19.6 Å². The van der Waals surface area contributed by atoms with Gasteiger partial charge in [-0.3, -0.25) is 4.79 Å². The largest absolute Gasteiger partial charge is 0.354 e. The number of carbonyl (C=O) groups is 1. The van der Waals surface area contributed by atoms with Crippen molar-refractivity contribution < 1.29 is 4.79 Å². The Balaban J connectivity index is 1.75. The Morgan fingerprint density at radius 2 is 2.42 bits per heavy atom. The molecule has 3 heterocycles. The van der Waals surface area contributed by atoms with Crippen LogP contribution in [0.25, 0.3) is 11.0 Å². The predicted octanol–water partition coefficient (Wildman–Crippen LogP) is 1.87. The number of hydrogen-bond acceptors (Lipinski definition) is 5. The third kappa shape index (κ3) is 3.25. The van der Waals surface area contributed by atoms with Crippen molar-refractivity contribution in [2.75, 3.05) is 31.6 Å². The standard InChI is InChI=1S/C17H24N6O/c1-3-9-22(17-14-4-8-19-16(14)20-12-21-17)11-13-6-10-23(13)15(24)5-7-18-2/h4,7-8,12-13H,3,5-6,9-11H2,1-2H3,(H,19,20,21)/t13-/m0/s1. The summed E-state index contributed by atoms with van der Waals surface area (Å²) in [5.74, 6) is 1.10. The number of rotatable bonds is 7. The average Bonchev–Trinajstić information content (AvgIpc) is 3.04. The van der Waals surface area contributed by atoms with Crippen LogP contribution in [0.5, 0.6) is 0 Å². The van der Waals surface area contributed by atoms with Crippen molar-refractivity contribution in [3.8, 4) is 0 Å². The minimum absolute atomic E-state index is 0.155. The van der Waals surface area contributed by atoms with Gasteiger partial charge in [-0.15, -0.1) is 0 Å². The second-order valence-corrected chi connectivity index (χ2v) is 6.06. The normalized spacial score (nSPS) is 17.4. The van der Waals surface area contributed by atoms with Crippen LogP contribution in [0, 0.1) is 0 Å². The lowest BCUT2D eigenvalue weighted by molar-refractivity contribution is -0.137. The van der Waals surface area contributed by atoms with Crippen LogP contribution >= 0.6 is 0 Å². The third-order valence-electron chi connectivity index (χ3n) is 4.47. The van der Waals surface area contributed by atoms with Gasteiger partial charge in [-0.2, -0.15) is 0 Å². The number of hydrogen-bond donors (Lipinski definition) is 1. The van der Waals surface area contributed by atoms with E-state index in [0.717, 1.165) is 49.3 Å². The first-order chi connectivity index (χ1) is 11.7. The molecule has 1 saturated heterocycles. The molecule has 7 heteroatoms. The topological polar surface area (TPSA) is 77.5 Å². The summed E-state index contributed by atoms with van der Waals surface area (Å²) in [7, 11) is 1.70. The molecule has 3 rings (SSSR count). The number of likely N-dealkylation sites (tertiary alicyclic amines) is 1. The highest BCUT2D eigenvalue weighted by atomic mass is 16.2. The van der Waals surface area contributed by atoms with Crippen LogP contribution < -0.4 is 4.90 Å². The average molecular weight is 328 g/mol. The molecule has 0 radical (unpaired) electrons. The number of aromatic amines is 1. The Morgan fingerprint density at radius 3 is 3.12 bits per heavy atom. The zero-order valence-electron chi connectivity index (χ0n) is 14.3. The number of aliphatic imine (C=N–C) groups is 1. The van der Waals surface area contributed by atoms with Crippen molar-refractivity contribution in [2.24, 2.45) is 4.99 Å². The molecule has 1 aliphatic rings. The molecule has 1 amide bonds. The number of anilines is 1. The van der Waals surface area contributed by atoms with Gasteiger partial charge < -0.3 is 19.8 Å². The van der Waals surface area contributed by atoms with E-state index in [1.807, 2.05) is 17.2 Å². The maximum atomic E-state index is 12.2. The Morgan fingerprint density at radius 1 is 1.54 bits per heavy atom. The summed E-state index contributed by atoms with van der Waals surface area (Å²) in [6.07, 6.45) is 7.61. The first-order valence-electron chi connectivity index (χ1n) is 8.47. The molecule has 2 aromatic heterocycles. The summed E-state index contributed by atoms with van der Waals surface area (Å²) in [4.78, 5) is 32.3. The molecule has 128 valence electrons. The lowest BCUT2D eigenvalue weighted by Gasteiger charge is -2.43. The Kier molecular flexibility index (Phi) is 5.08. The molecule has 0 saturated carbocycles. The van der Waals surface area contributed by atoms with Gasteiger partial charge in [0.05, 0.1) is 17.8 Å². The van der Waals surface area contributed by atoms with Crippen LogP contribution in [0.1, 0.15) is 26.2 Å². The molecule has 1 N–H and O–H groups in total. The van der Waals surface area contributed by atoms with E-state index < -0.39 is 0 Å². The van der Waals surface area contributed by atoms with Crippen LogP contribution in [0.3, 0.4) is 0 Å². The highest BCUT2D eigenvalue weighted by molar-refractivity contribution is 5.90. The number of amides is 1. The van der Waals surface area contributed by atoms with Crippen molar-refractivity contribution in [2.45, 2.75) is 32.2 Å². The van der Waals surface area contributed by atoms with Gasteiger partial charge in [0, 0.05) is 39.1 Å². The summed E-state index contributed by atoms with van der Waals surface area (Å²) in [5, 5.41) is 1.03. The molecule has 0 unspecified atom stereocenters. The van der Waals surface area contributed by atoms with Crippen LogP contribution in [0.15, 0.2) is 23.6 Å². The van der Waals surface area contributed by atoms with Crippen LogP contribution in [0.2, 0.25) is 0 Å². The molecule has 1 fully saturated rings. The monoisotopic (exact) mass is 328 g/mol. The van der Waals surface area contributed by atoms with Gasteiger partial charge in [0.2, 0.25) is 5.91 Å². The van der Waals surface area contributed by atoms with Crippen molar-refractivity contribution in [1.29, 1.82) is 0 Å². The summed E-state index contributed by atoms with van der Waals surface area (Å²) < 4.78 is 0. The number of nitrogens with zero attached hydrogens (tertiary/aromatic N) is 5. The molecule has 0 bridgehead atoms. The first kappa shape index (κ1) is 16.4. The molecule has 2 aromatic rings. The van der Waals surface area contributed by atoms with E-state index in [1.165, 1.54) is 0 Å². The molecule has 24 heavy (non-hydrogen) atoms. The second-order valence-electron chi connectivity index (χ2n) is 6.06. The minimum atomic E-state index is 0.155. The minimum Gasteiger partial charge on any atom is -0.354 e. The Bertz CT molecular complexity index is 725. The molecule has 1 atom stereocenters. The fourth-order valence-electron chi connectivity index (χ4n) is 3.16. The number of fused-ring (bicyclic) bond motifs is 1. The van der Waals surface area contributed by atoms with E-state index in [0.29, 0.717) is 6.42 Å². The van der Waals surface area contributed by atoms with Crippen LogP contribution in [-0.4, -0.2) is 64.7 Å². The summed E-state index contributed by atoms with van der Waals surface area (Å²) in [5.41, 5.74) is 0.849. The van der Waals surface area contributed by atoms with Gasteiger partial charge in [-0.25, -0.2) is 9.97 Å². The molecule has 1 aliphatic heterocycles. The van der Waals surface area contributed by atoms with Gasteiger partial charge in [-0.1, -0.05) is 6.92 Å². The van der Waals surface area contributed by atoms with E-state index in [-0.39, 0.29) is 11.9 Å². The zero-order valence-corrected chi connectivity index (χ0v) is 14.3. The van der Waals surface area contributed by atoms with Crippen molar-refractivity contribution in [1.82, 2.24) is 19.9 Å². The lowest BCUT2D eigenvalue weighted by Crippen LogP contribution is -2.56. The van der Waals surface area contributed by atoms with Crippen LogP contribution in [0.4, 0.5) is 5.82 Å². The van der Waals surface area contributed by atoms with Gasteiger partial charge in [0.1, 0.15) is 17.8 Å². The SMILES string of the molecule is CCCN(C[C@@H]1CCN1C(=O)CC=NC)c1ncnc2[nH]ccc12. The maximum absolute atomic E-state index is 12.2. The van der Waals surface area contributed by atoms with Gasteiger partial charge >= 0.3 is 0 Å². The summed E-state index contributed by atoms with van der Waals surface area (Å²) in [6.45, 7) is 4.71. The van der Waals surface area contributed by atoms with Crippen molar-refractivity contribution in [3.63, 3.8) is 0 Å². The van der Waals surface area contributed by atoms with E-state index in [4.69, 9.17) is 0 Å². The van der Waals surface area contributed by atoms with Gasteiger partial charge in [0.25, 0.3) is 0 Å². The van der Waals surface area contributed by atoms with Crippen LogP contribution in [-0.2, 0) is 4.79 Å². The quantitative estimate of drug-likeness (QED) is 0.787. The van der Waals surface area contributed by atoms with Gasteiger partial charge in [0.15, 0.2) is 0 Å². The van der Waals surface area contributed by atoms with Crippen molar-refractivity contribution in [3.05, 3.63) is 18.6 Å². The Hall–Kier alpha value is -2.44. The number of aromatic nitrogens is 3. The Labute approximate surface area is 141 Å². The molecule has 0 spiro atoms. The molecule has 7 nitrogen and oxygen atoms in total. The number of carbonyl (C=O) groups excluding carboxylic acids is 1.